The van der Waals surface area contributed by atoms with E-state index in [4.69, 9.17) is 9.47 Å². The Bertz CT molecular complexity index is 325. The van der Waals surface area contributed by atoms with Gasteiger partial charge in [0.15, 0.2) is 6.29 Å². The minimum Gasteiger partial charge on any atom is -0.353 e. The van der Waals surface area contributed by atoms with Crippen LogP contribution in [0.4, 0.5) is 0 Å². The third-order valence-electron chi connectivity index (χ3n) is 2.71. The molecule has 102 valence electrons. The fraction of sp³-hybridized carbons (Fsp3) is 0.643. The molecule has 1 aromatic rings. The van der Waals surface area contributed by atoms with Crippen LogP contribution in [0.5, 0.6) is 0 Å². The maximum atomic E-state index is 5.49. The van der Waals surface area contributed by atoms with E-state index >= 15 is 0 Å². The molecule has 1 rings (SSSR count). The third-order valence-corrected chi connectivity index (χ3v) is 2.71. The summed E-state index contributed by atoms with van der Waals surface area (Å²) >= 11 is 0. The summed E-state index contributed by atoms with van der Waals surface area (Å²) in [5, 5.41) is 3.40. The molecule has 0 saturated carbocycles. The Morgan fingerprint density at radius 2 is 2.00 bits per heavy atom. The van der Waals surface area contributed by atoms with Crippen molar-refractivity contribution in [3.8, 4) is 0 Å². The Hall–Kier alpha value is -0.970. The van der Waals surface area contributed by atoms with Crippen LogP contribution in [-0.2, 0) is 16.0 Å². The summed E-state index contributed by atoms with van der Waals surface area (Å²) in [5.41, 5.74) is 2.51. The summed E-state index contributed by atoms with van der Waals surface area (Å²) in [7, 11) is 0. The van der Waals surface area contributed by atoms with E-state index in [0.29, 0.717) is 13.2 Å². The molecule has 0 aliphatic heterocycles. The number of hydrogen-bond acceptors (Lipinski definition) is 4. The summed E-state index contributed by atoms with van der Waals surface area (Å²) in [6.45, 7) is 9.17. The monoisotopic (exact) mass is 252 g/mol. The number of hydrogen-bond donors (Lipinski definition) is 1. The summed E-state index contributed by atoms with van der Waals surface area (Å²) in [6, 6.07) is 2.05. The molecule has 1 N–H and O–H groups in total. The summed E-state index contributed by atoms with van der Waals surface area (Å²) in [4.78, 5) is 4.08. The molecule has 0 fully saturated rings. The van der Waals surface area contributed by atoms with E-state index in [2.05, 4.69) is 17.2 Å². The van der Waals surface area contributed by atoms with E-state index in [9.17, 15) is 0 Å². The van der Waals surface area contributed by atoms with Crippen molar-refractivity contribution in [3.63, 3.8) is 0 Å². The highest BCUT2D eigenvalue weighted by atomic mass is 16.7. The average molecular weight is 252 g/mol. The Kier molecular flexibility index (Phi) is 7.57. The molecule has 0 bridgehead atoms. The van der Waals surface area contributed by atoms with Crippen molar-refractivity contribution >= 4 is 0 Å². The molecule has 0 aliphatic rings. The quantitative estimate of drug-likeness (QED) is 0.541. The predicted octanol–water partition coefficient (Wildman–Crippen LogP) is 2.27. The van der Waals surface area contributed by atoms with E-state index in [1.54, 1.807) is 0 Å². The zero-order valence-corrected chi connectivity index (χ0v) is 11.6. The fourth-order valence-corrected chi connectivity index (χ4v) is 1.73. The first-order valence-electron chi connectivity index (χ1n) is 6.61. The van der Waals surface area contributed by atoms with Crippen molar-refractivity contribution in [1.29, 1.82) is 0 Å². The number of pyridine rings is 1. The Labute approximate surface area is 110 Å². The number of ether oxygens (including phenoxy) is 2. The molecule has 0 radical (unpaired) electrons. The van der Waals surface area contributed by atoms with Crippen LogP contribution < -0.4 is 5.32 Å². The fourth-order valence-electron chi connectivity index (χ4n) is 1.73. The molecule has 4 nitrogen and oxygen atoms in total. The third kappa shape index (κ3) is 5.58. The maximum Gasteiger partial charge on any atom is 0.158 e. The average Bonchev–Trinajstić information content (AvgIpc) is 2.37. The zero-order chi connectivity index (χ0) is 13.2. The Morgan fingerprint density at radius 1 is 1.28 bits per heavy atom. The SMILES string of the molecule is CCOC(CCNCc1ccncc1C)OCC. The lowest BCUT2D eigenvalue weighted by molar-refractivity contribution is -0.138. The van der Waals surface area contributed by atoms with E-state index in [1.165, 1.54) is 11.1 Å². The first-order chi connectivity index (χ1) is 8.77. The molecule has 0 atom stereocenters. The highest BCUT2D eigenvalue weighted by molar-refractivity contribution is 5.21. The molecule has 0 aliphatic carbocycles. The van der Waals surface area contributed by atoms with Gasteiger partial charge in [0.1, 0.15) is 0 Å². The molecule has 0 aromatic carbocycles. The Morgan fingerprint density at radius 3 is 2.61 bits per heavy atom. The van der Waals surface area contributed by atoms with Crippen molar-refractivity contribution < 1.29 is 9.47 Å². The first-order valence-corrected chi connectivity index (χ1v) is 6.61. The molecule has 0 saturated heterocycles. The number of nitrogens with zero attached hydrogens (tertiary/aromatic N) is 1. The lowest BCUT2D eigenvalue weighted by Gasteiger charge is -2.17. The van der Waals surface area contributed by atoms with Gasteiger partial charge in [-0.1, -0.05) is 0 Å². The second-order valence-electron chi connectivity index (χ2n) is 4.11. The van der Waals surface area contributed by atoms with Crippen molar-refractivity contribution in [1.82, 2.24) is 10.3 Å². The molecule has 1 aromatic heterocycles. The minimum atomic E-state index is -0.0916. The van der Waals surface area contributed by atoms with Gasteiger partial charge in [-0.3, -0.25) is 4.98 Å². The van der Waals surface area contributed by atoms with Crippen molar-refractivity contribution in [3.05, 3.63) is 29.6 Å². The van der Waals surface area contributed by atoms with Gasteiger partial charge >= 0.3 is 0 Å². The van der Waals surface area contributed by atoms with Crippen LogP contribution in [-0.4, -0.2) is 31.0 Å². The van der Waals surface area contributed by atoms with Crippen LogP contribution >= 0.6 is 0 Å². The van der Waals surface area contributed by atoms with E-state index in [0.717, 1.165) is 19.5 Å². The second kappa shape index (κ2) is 9.03. The number of nitrogens with one attached hydrogen (secondary N) is 1. The number of aromatic nitrogens is 1. The van der Waals surface area contributed by atoms with Crippen molar-refractivity contribution in [2.75, 3.05) is 19.8 Å². The highest BCUT2D eigenvalue weighted by Crippen LogP contribution is 2.05. The van der Waals surface area contributed by atoms with Gasteiger partial charge in [0, 0.05) is 45.1 Å². The lowest BCUT2D eigenvalue weighted by Crippen LogP contribution is -2.24. The van der Waals surface area contributed by atoms with Crippen LogP contribution in [0.1, 0.15) is 31.4 Å². The largest absolute Gasteiger partial charge is 0.353 e. The lowest BCUT2D eigenvalue weighted by atomic mass is 10.1. The van der Waals surface area contributed by atoms with Gasteiger partial charge in [-0.2, -0.15) is 0 Å². The zero-order valence-electron chi connectivity index (χ0n) is 11.6. The van der Waals surface area contributed by atoms with Crippen LogP contribution in [0.15, 0.2) is 18.5 Å². The van der Waals surface area contributed by atoms with Gasteiger partial charge in [0.05, 0.1) is 0 Å². The smallest absolute Gasteiger partial charge is 0.158 e. The normalized spacial score (nSPS) is 11.1. The molecular formula is C14H24N2O2. The van der Waals surface area contributed by atoms with Gasteiger partial charge in [-0.25, -0.2) is 0 Å². The summed E-state index contributed by atoms with van der Waals surface area (Å²) in [6.07, 6.45) is 4.49. The molecule has 1 heterocycles. The van der Waals surface area contributed by atoms with Gasteiger partial charge < -0.3 is 14.8 Å². The van der Waals surface area contributed by atoms with Crippen LogP contribution in [0.3, 0.4) is 0 Å². The molecule has 0 spiro atoms. The van der Waals surface area contributed by atoms with Crippen LogP contribution in [0.25, 0.3) is 0 Å². The van der Waals surface area contributed by atoms with Crippen LogP contribution in [0.2, 0.25) is 0 Å². The van der Waals surface area contributed by atoms with Gasteiger partial charge in [0.25, 0.3) is 0 Å². The molecule has 18 heavy (non-hydrogen) atoms. The summed E-state index contributed by atoms with van der Waals surface area (Å²) in [5.74, 6) is 0. The molecular weight excluding hydrogens is 228 g/mol. The number of aryl methyl sites for hydroxylation is 1. The van der Waals surface area contributed by atoms with Gasteiger partial charge in [-0.05, 0) is 38.0 Å². The second-order valence-corrected chi connectivity index (χ2v) is 4.11. The van der Waals surface area contributed by atoms with Crippen LogP contribution in [0, 0.1) is 6.92 Å². The topological polar surface area (TPSA) is 43.4 Å². The van der Waals surface area contributed by atoms with Gasteiger partial charge in [-0.15, -0.1) is 0 Å². The highest BCUT2D eigenvalue weighted by Gasteiger charge is 2.06. The molecule has 0 amide bonds. The van der Waals surface area contributed by atoms with Gasteiger partial charge in [0.2, 0.25) is 0 Å². The van der Waals surface area contributed by atoms with E-state index in [-0.39, 0.29) is 6.29 Å². The van der Waals surface area contributed by atoms with Crippen molar-refractivity contribution in [2.24, 2.45) is 0 Å². The molecule has 4 heteroatoms. The first kappa shape index (κ1) is 15.1. The summed E-state index contributed by atoms with van der Waals surface area (Å²) < 4.78 is 11.0. The predicted molar refractivity (Wildman–Crippen MR) is 72.3 cm³/mol. The number of rotatable bonds is 9. The molecule has 0 unspecified atom stereocenters. The van der Waals surface area contributed by atoms with Crippen molar-refractivity contribution in [2.45, 2.75) is 40.0 Å². The van der Waals surface area contributed by atoms with E-state index < -0.39 is 0 Å². The standard InChI is InChI=1S/C14H24N2O2/c1-4-17-14(18-5-2)7-9-16-11-13-6-8-15-10-12(13)3/h6,8,10,14,16H,4-5,7,9,11H2,1-3H3. The maximum absolute atomic E-state index is 5.49. The Balaban J connectivity index is 2.23. The van der Waals surface area contributed by atoms with E-state index in [1.807, 2.05) is 32.3 Å². The minimum absolute atomic E-state index is 0.0916.